The molecule has 3 saturated heterocycles. The summed E-state index contributed by atoms with van der Waals surface area (Å²) in [4.78, 5) is 4.76. The molecule has 9 heterocycles. The van der Waals surface area contributed by atoms with Crippen molar-refractivity contribution < 1.29 is 28.0 Å². The van der Waals surface area contributed by atoms with E-state index >= 15 is 0 Å². The lowest BCUT2D eigenvalue weighted by molar-refractivity contribution is -0.912. The van der Waals surface area contributed by atoms with Crippen molar-refractivity contribution in [2.24, 2.45) is 0 Å². The molecule has 372 valence electrons. The number of likely N-dealkylation sites (N-methyl/N-ethyl adjacent to an activating group) is 3. The van der Waals surface area contributed by atoms with Crippen LogP contribution in [0.3, 0.4) is 0 Å². The number of rotatable bonds is 13. The Labute approximate surface area is 404 Å². The maximum Gasteiger partial charge on any atom is 0.257 e. The molecule has 6 aromatic rings. The zero-order valence-corrected chi connectivity index (χ0v) is 43.3. The van der Waals surface area contributed by atoms with E-state index in [1.165, 1.54) is 49.0 Å². The van der Waals surface area contributed by atoms with Crippen molar-refractivity contribution in [3.8, 4) is 11.8 Å². The molecule has 2 unspecified atom stereocenters. The van der Waals surface area contributed by atoms with Crippen molar-refractivity contribution in [3.05, 3.63) is 70.2 Å². The van der Waals surface area contributed by atoms with Crippen LogP contribution in [0.2, 0.25) is 0 Å². The van der Waals surface area contributed by atoms with Gasteiger partial charge in [0.05, 0.1) is 91.6 Å². The lowest BCUT2D eigenvalue weighted by Crippen LogP contribution is -2.51. The number of hydrogen-bond acceptors (Lipinski definition) is 11. The minimum absolute atomic E-state index is 0.221. The Morgan fingerprint density at radius 3 is 1.63 bits per heavy atom. The molecule has 2 atom stereocenters. The summed E-state index contributed by atoms with van der Waals surface area (Å²) in [5.74, 6) is 2.01. The Kier molecular flexibility index (Phi) is 15.1. The number of likely N-dealkylation sites (tertiary alicyclic amines) is 2. The standard InChI is InChI=1S/C18H30N5O.C17H28N5O.C16H25N4O/c1-13-6-7-16-17(19)18(20-22(16)14(13)2)24-11-10-21-9-8-15(12-21)23(3,4)5;1-12-5-6-15-16(18)17(19-21(15)13(12)2)20-8-7-14(11-20)22(3,4)9-10-23;1-12-6-7-14-15(17)16(18-19(14)13(12)2)21-11-10-20(3)8-4-5-9-20/h6-7,15H,8-12,19H2,1-5H3;5-6,14,23H,7-11,18H2,1-4H3;6-7H,4-5,8-11,17H2,1-3H3/q3*+1. The fraction of sp³-hybridized carbons (Fsp3) is 0.588. The van der Waals surface area contributed by atoms with Gasteiger partial charge in [-0.3, -0.25) is 4.90 Å². The van der Waals surface area contributed by atoms with Crippen molar-refractivity contribution >= 4 is 39.4 Å². The van der Waals surface area contributed by atoms with Crippen molar-refractivity contribution in [2.75, 3.05) is 143 Å². The van der Waals surface area contributed by atoms with Gasteiger partial charge in [-0.05, 0) is 76.4 Å². The van der Waals surface area contributed by atoms with E-state index in [2.05, 4.69) is 115 Å². The Hall–Kier alpha value is -5.33. The van der Waals surface area contributed by atoms with Gasteiger partial charge < -0.3 is 50.1 Å². The maximum absolute atomic E-state index is 9.28. The molecule has 0 aliphatic carbocycles. The first-order valence-corrected chi connectivity index (χ1v) is 24.7. The number of ether oxygens (including phenoxy) is 2. The molecule has 6 aromatic heterocycles. The molecule has 0 aromatic carbocycles. The summed E-state index contributed by atoms with van der Waals surface area (Å²) in [6, 6.07) is 13.5. The molecular formula is C51H83N14O3+3. The second kappa shape index (κ2) is 20.3. The van der Waals surface area contributed by atoms with E-state index in [1.54, 1.807) is 0 Å². The fourth-order valence-corrected chi connectivity index (χ4v) is 9.99. The summed E-state index contributed by atoms with van der Waals surface area (Å²) >= 11 is 0. The molecule has 0 bridgehead atoms. The largest absolute Gasteiger partial charge is 0.474 e. The van der Waals surface area contributed by atoms with Crippen LogP contribution < -0.4 is 31.6 Å². The number of anilines is 4. The third-order valence-corrected chi connectivity index (χ3v) is 15.6. The first-order valence-electron chi connectivity index (χ1n) is 24.7. The topological polar surface area (TPSA) is 175 Å². The highest BCUT2D eigenvalue weighted by molar-refractivity contribution is 5.82. The lowest BCUT2D eigenvalue weighted by atomic mass is 10.2. The van der Waals surface area contributed by atoms with E-state index in [1.807, 2.05) is 38.7 Å². The number of nitrogens with two attached hydrogens (primary N) is 3. The van der Waals surface area contributed by atoms with Gasteiger partial charge in [0, 0.05) is 62.4 Å². The average molecular weight is 940 g/mol. The van der Waals surface area contributed by atoms with Crippen molar-refractivity contribution in [1.82, 2.24) is 33.7 Å². The summed E-state index contributed by atoms with van der Waals surface area (Å²) in [5, 5.41) is 23.1. The van der Waals surface area contributed by atoms with Crippen LogP contribution in [0, 0.1) is 41.5 Å². The van der Waals surface area contributed by atoms with Crippen LogP contribution in [0.5, 0.6) is 11.8 Å². The van der Waals surface area contributed by atoms with E-state index in [0.29, 0.717) is 48.4 Å². The molecular weight excluding hydrogens is 857 g/mol. The highest BCUT2D eigenvalue weighted by atomic mass is 16.5. The molecule has 3 aliphatic rings. The van der Waals surface area contributed by atoms with Crippen molar-refractivity contribution in [3.63, 3.8) is 0 Å². The number of aromatic nitrogens is 6. The molecule has 0 spiro atoms. The number of nitrogens with zero attached hydrogens (tertiary/aromatic N) is 11. The van der Waals surface area contributed by atoms with Crippen LogP contribution in [-0.4, -0.2) is 185 Å². The van der Waals surface area contributed by atoms with E-state index in [-0.39, 0.29) is 6.61 Å². The average Bonchev–Trinajstić information content (AvgIpc) is 4.16. The number of nitrogen functional groups attached to an aromatic ring is 3. The molecule has 9 rings (SSSR count). The number of fused-ring (bicyclic) bond motifs is 3. The van der Waals surface area contributed by atoms with Crippen LogP contribution in [0.25, 0.3) is 16.6 Å². The minimum Gasteiger partial charge on any atom is -0.474 e. The smallest absolute Gasteiger partial charge is 0.257 e. The summed E-state index contributed by atoms with van der Waals surface area (Å²) in [5.41, 5.74) is 30.6. The Morgan fingerprint density at radius 2 is 1.13 bits per heavy atom. The molecule has 3 fully saturated rings. The highest BCUT2D eigenvalue weighted by Gasteiger charge is 2.37. The number of hydrogen-bond donors (Lipinski definition) is 4. The second-order valence-electron chi connectivity index (χ2n) is 21.5. The van der Waals surface area contributed by atoms with Gasteiger partial charge in [-0.1, -0.05) is 18.2 Å². The molecule has 17 nitrogen and oxygen atoms in total. The van der Waals surface area contributed by atoms with E-state index in [9.17, 15) is 5.11 Å². The van der Waals surface area contributed by atoms with Gasteiger partial charge in [-0.2, -0.15) is 0 Å². The van der Waals surface area contributed by atoms with Crippen LogP contribution in [0.1, 0.15) is 59.5 Å². The molecule has 0 saturated carbocycles. The fourth-order valence-electron chi connectivity index (χ4n) is 9.99. The third-order valence-electron chi connectivity index (χ3n) is 15.6. The molecule has 0 radical (unpaired) electrons. The van der Waals surface area contributed by atoms with Crippen LogP contribution >= 0.6 is 0 Å². The first-order chi connectivity index (χ1) is 32.1. The summed E-state index contributed by atoms with van der Waals surface area (Å²) < 4.78 is 20.4. The monoisotopic (exact) mass is 940 g/mol. The van der Waals surface area contributed by atoms with Gasteiger partial charge in [0.2, 0.25) is 0 Å². The summed E-state index contributed by atoms with van der Waals surface area (Å²) in [6.07, 6.45) is 4.99. The Morgan fingerprint density at radius 1 is 0.647 bits per heavy atom. The van der Waals surface area contributed by atoms with Gasteiger partial charge in [-0.25, -0.2) is 13.5 Å². The van der Waals surface area contributed by atoms with E-state index < -0.39 is 0 Å². The van der Waals surface area contributed by atoms with Gasteiger partial charge in [0.15, 0.2) is 5.82 Å². The van der Waals surface area contributed by atoms with Gasteiger partial charge in [0.25, 0.3) is 11.8 Å². The van der Waals surface area contributed by atoms with Crippen molar-refractivity contribution in [2.45, 2.75) is 79.3 Å². The number of aryl methyl sites for hydroxylation is 6. The Balaban J connectivity index is 0.000000151. The highest BCUT2D eigenvalue weighted by Crippen LogP contribution is 2.33. The first kappa shape index (κ1) is 50.5. The minimum atomic E-state index is 0.221. The van der Waals surface area contributed by atoms with Gasteiger partial charge in [0.1, 0.15) is 55.4 Å². The molecule has 17 heteroatoms. The quantitative estimate of drug-likeness (QED) is 0.115. The predicted molar refractivity (Wildman–Crippen MR) is 276 cm³/mol. The van der Waals surface area contributed by atoms with E-state index in [0.717, 1.165) is 111 Å². The van der Waals surface area contributed by atoms with Crippen LogP contribution in [0.4, 0.5) is 22.9 Å². The zero-order chi connectivity index (χ0) is 49.3. The zero-order valence-electron chi connectivity index (χ0n) is 43.3. The van der Waals surface area contributed by atoms with Crippen LogP contribution in [0.15, 0.2) is 36.4 Å². The van der Waals surface area contributed by atoms with Gasteiger partial charge >= 0.3 is 0 Å². The number of quaternary nitrogens is 3. The molecule has 7 N–H and O–H groups in total. The van der Waals surface area contributed by atoms with E-state index in [4.69, 9.17) is 31.8 Å². The van der Waals surface area contributed by atoms with Crippen LogP contribution in [-0.2, 0) is 0 Å². The lowest BCUT2D eigenvalue weighted by Gasteiger charge is -2.35. The van der Waals surface area contributed by atoms with Gasteiger partial charge in [-0.15, -0.1) is 15.3 Å². The molecule has 0 amide bonds. The normalized spacial score (nSPS) is 18.6. The summed E-state index contributed by atoms with van der Waals surface area (Å²) in [6.45, 7) is 23.3. The second-order valence-corrected chi connectivity index (χ2v) is 21.5. The maximum atomic E-state index is 9.28. The predicted octanol–water partition coefficient (Wildman–Crippen LogP) is 5.03. The SMILES string of the molecule is Cc1ccc2c(N)c(N3CCC([N+](C)(C)CCO)C3)nn2c1C.Cc1ccc2c(N)c(OCCN3CCC([N+](C)(C)C)C3)nn2c1C.Cc1ccc2c(N)c(OCC[N+]3(C)CCCC3)nn2c1C. The number of pyridine rings is 3. The molecule has 68 heavy (non-hydrogen) atoms. The van der Waals surface area contributed by atoms with Crippen molar-refractivity contribution in [1.29, 1.82) is 0 Å². The number of aliphatic hydroxyl groups excluding tert-OH is 1. The summed E-state index contributed by atoms with van der Waals surface area (Å²) in [7, 11) is 13.5. The Bertz CT molecular complexity index is 2690. The third kappa shape index (κ3) is 10.8. The number of aliphatic hydroxyl groups is 1. The molecule has 3 aliphatic heterocycles.